The predicted molar refractivity (Wildman–Crippen MR) is 100 cm³/mol. The van der Waals surface area contributed by atoms with Gasteiger partial charge in [-0.15, -0.1) is 10.2 Å². The third-order valence-corrected chi connectivity index (χ3v) is 4.61. The first kappa shape index (κ1) is 18.4. The van der Waals surface area contributed by atoms with E-state index in [1.54, 1.807) is 41.3 Å². The van der Waals surface area contributed by atoms with E-state index in [-0.39, 0.29) is 30.9 Å². The van der Waals surface area contributed by atoms with Crippen LogP contribution in [-0.4, -0.2) is 33.7 Å². The van der Waals surface area contributed by atoms with E-state index in [1.807, 2.05) is 0 Å². The molecule has 3 aromatic rings. The normalized spacial score (nSPS) is 13.4. The summed E-state index contributed by atoms with van der Waals surface area (Å²) in [4.78, 5) is 14.2. The van der Waals surface area contributed by atoms with Gasteiger partial charge in [0.2, 0.25) is 11.8 Å². The number of hydrogen-bond acceptors (Lipinski definition) is 5. The number of ether oxygens (including phenoxy) is 1. The van der Waals surface area contributed by atoms with E-state index in [2.05, 4.69) is 10.2 Å². The van der Waals surface area contributed by atoms with Crippen molar-refractivity contribution in [2.75, 3.05) is 6.61 Å². The van der Waals surface area contributed by atoms with Crippen molar-refractivity contribution in [1.82, 2.24) is 15.1 Å². The topological polar surface area (TPSA) is 68.5 Å². The largest absolute Gasteiger partial charge is 0.481 e. The first-order valence-corrected chi connectivity index (χ1v) is 9.23. The lowest BCUT2D eigenvalue weighted by Gasteiger charge is -2.20. The van der Waals surface area contributed by atoms with Crippen LogP contribution < -0.4 is 4.74 Å². The standard InChI is InChI=1S/C20H17ClFN3O3/c21-14-7-5-13(6-8-14)20-24-23-18(28-20)11-25(15-9-10-15)19(26)12-27-17-4-2-1-3-16(17)22/h1-8,15H,9-12H2. The summed E-state index contributed by atoms with van der Waals surface area (Å²) in [5, 5.41) is 8.68. The zero-order valence-electron chi connectivity index (χ0n) is 14.8. The summed E-state index contributed by atoms with van der Waals surface area (Å²) in [5.41, 5.74) is 0.746. The second kappa shape index (κ2) is 7.98. The molecule has 4 rings (SSSR count). The molecule has 0 saturated heterocycles. The molecule has 8 heteroatoms. The second-order valence-electron chi connectivity index (χ2n) is 6.48. The fraction of sp³-hybridized carbons (Fsp3) is 0.250. The maximum atomic E-state index is 13.7. The van der Waals surface area contributed by atoms with Crippen LogP contribution in [0.2, 0.25) is 5.02 Å². The first-order valence-electron chi connectivity index (χ1n) is 8.85. The molecule has 0 bridgehead atoms. The van der Waals surface area contributed by atoms with Gasteiger partial charge in [0.05, 0.1) is 6.54 Å². The molecule has 0 aliphatic heterocycles. The minimum absolute atomic E-state index is 0.0504. The van der Waals surface area contributed by atoms with Crippen LogP contribution >= 0.6 is 11.6 Å². The number of hydrogen-bond donors (Lipinski definition) is 0. The molecule has 144 valence electrons. The monoisotopic (exact) mass is 401 g/mol. The Morgan fingerprint density at radius 3 is 2.64 bits per heavy atom. The maximum Gasteiger partial charge on any atom is 0.261 e. The van der Waals surface area contributed by atoms with Crippen molar-refractivity contribution in [3.05, 3.63) is 65.3 Å². The number of nitrogens with zero attached hydrogens (tertiary/aromatic N) is 3. The SMILES string of the molecule is O=C(COc1ccccc1F)N(Cc1nnc(-c2ccc(Cl)cc2)o1)C1CC1. The highest BCUT2D eigenvalue weighted by atomic mass is 35.5. The van der Waals surface area contributed by atoms with Crippen LogP contribution in [0.15, 0.2) is 52.9 Å². The minimum Gasteiger partial charge on any atom is -0.481 e. The van der Waals surface area contributed by atoms with E-state index < -0.39 is 5.82 Å². The Balaban J connectivity index is 1.42. The summed E-state index contributed by atoms with van der Waals surface area (Å²) in [6.45, 7) is -0.0691. The number of rotatable bonds is 7. The van der Waals surface area contributed by atoms with Gasteiger partial charge >= 0.3 is 0 Å². The van der Waals surface area contributed by atoms with Crippen molar-refractivity contribution in [1.29, 1.82) is 0 Å². The molecule has 0 atom stereocenters. The van der Waals surface area contributed by atoms with Crippen LogP contribution in [0.1, 0.15) is 18.7 Å². The van der Waals surface area contributed by atoms with E-state index in [4.69, 9.17) is 20.8 Å². The highest BCUT2D eigenvalue weighted by molar-refractivity contribution is 6.30. The Bertz CT molecular complexity index is 973. The van der Waals surface area contributed by atoms with Crippen LogP contribution in [0.5, 0.6) is 5.75 Å². The van der Waals surface area contributed by atoms with Gasteiger partial charge in [0.1, 0.15) is 0 Å². The summed E-state index contributed by atoms with van der Waals surface area (Å²) in [6.07, 6.45) is 1.81. The van der Waals surface area contributed by atoms with Gasteiger partial charge in [-0.3, -0.25) is 4.79 Å². The Morgan fingerprint density at radius 1 is 1.18 bits per heavy atom. The van der Waals surface area contributed by atoms with E-state index in [0.717, 1.165) is 18.4 Å². The molecule has 6 nitrogen and oxygen atoms in total. The third kappa shape index (κ3) is 4.31. The van der Waals surface area contributed by atoms with Crippen molar-refractivity contribution < 1.29 is 18.3 Å². The Morgan fingerprint density at radius 2 is 1.93 bits per heavy atom. The van der Waals surface area contributed by atoms with E-state index in [9.17, 15) is 9.18 Å². The Labute approximate surface area is 165 Å². The lowest BCUT2D eigenvalue weighted by atomic mass is 10.2. The molecular weight excluding hydrogens is 385 g/mol. The molecular formula is C20H17ClFN3O3. The summed E-state index contributed by atoms with van der Waals surface area (Å²) in [5.74, 6) is -0.0160. The van der Waals surface area contributed by atoms with Gasteiger partial charge in [-0.1, -0.05) is 23.7 Å². The molecule has 1 aliphatic carbocycles. The Hall–Kier alpha value is -2.93. The molecule has 0 unspecified atom stereocenters. The van der Waals surface area contributed by atoms with Crippen LogP contribution in [0, 0.1) is 5.82 Å². The first-order chi connectivity index (χ1) is 13.6. The van der Waals surface area contributed by atoms with Gasteiger partial charge in [0, 0.05) is 16.6 Å². The number of aromatic nitrogens is 2. The van der Waals surface area contributed by atoms with Crippen molar-refractivity contribution >= 4 is 17.5 Å². The van der Waals surface area contributed by atoms with Crippen LogP contribution in [0.25, 0.3) is 11.5 Å². The molecule has 1 amide bonds. The van der Waals surface area contributed by atoms with Crippen LogP contribution in [0.4, 0.5) is 4.39 Å². The quantitative estimate of drug-likeness (QED) is 0.596. The molecule has 28 heavy (non-hydrogen) atoms. The summed E-state index contributed by atoms with van der Waals surface area (Å²) < 4.78 is 24.7. The average Bonchev–Trinajstić information content (AvgIpc) is 3.44. The van der Waals surface area contributed by atoms with Crippen molar-refractivity contribution in [2.45, 2.75) is 25.4 Å². The molecule has 1 saturated carbocycles. The predicted octanol–water partition coefficient (Wildman–Crippen LogP) is 4.10. The summed E-state index contributed by atoms with van der Waals surface area (Å²) in [6, 6.07) is 13.1. The molecule has 1 fully saturated rings. The highest BCUT2D eigenvalue weighted by Crippen LogP contribution is 2.29. The van der Waals surface area contributed by atoms with Gasteiger partial charge < -0.3 is 14.1 Å². The maximum absolute atomic E-state index is 13.7. The lowest BCUT2D eigenvalue weighted by molar-refractivity contribution is -0.135. The van der Waals surface area contributed by atoms with E-state index >= 15 is 0 Å². The van der Waals surface area contributed by atoms with Crippen molar-refractivity contribution in [2.24, 2.45) is 0 Å². The molecule has 1 aromatic heterocycles. The molecule has 1 aliphatic rings. The summed E-state index contributed by atoms with van der Waals surface area (Å²) in [7, 11) is 0. The zero-order valence-corrected chi connectivity index (χ0v) is 15.6. The fourth-order valence-electron chi connectivity index (χ4n) is 2.76. The lowest BCUT2D eigenvalue weighted by Crippen LogP contribution is -2.36. The van der Waals surface area contributed by atoms with Gasteiger partial charge in [-0.25, -0.2) is 4.39 Å². The van der Waals surface area contributed by atoms with Crippen molar-refractivity contribution in [3.63, 3.8) is 0 Å². The summed E-state index contributed by atoms with van der Waals surface area (Å²) >= 11 is 5.89. The van der Waals surface area contributed by atoms with E-state index in [0.29, 0.717) is 16.8 Å². The number of amides is 1. The minimum atomic E-state index is -0.502. The smallest absolute Gasteiger partial charge is 0.261 e. The van der Waals surface area contributed by atoms with Gasteiger partial charge in [-0.2, -0.15) is 0 Å². The number of carbonyl (C=O) groups excluding carboxylic acids is 1. The molecule has 1 heterocycles. The number of para-hydroxylation sites is 1. The van der Waals surface area contributed by atoms with Gasteiger partial charge in [-0.05, 0) is 49.2 Å². The number of carbonyl (C=O) groups is 1. The average molecular weight is 402 g/mol. The number of halogens is 2. The van der Waals surface area contributed by atoms with Crippen LogP contribution in [0.3, 0.4) is 0 Å². The van der Waals surface area contributed by atoms with Crippen molar-refractivity contribution in [3.8, 4) is 17.2 Å². The van der Waals surface area contributed by atoms with Crippen LogP contribution in [-0.2, 0) is 11.3 Å². The third-order valence-electron chi connectivity index (χ3n) is 4.36. The van der Waals surface area contributed by atoms with E-state index in [1.165, 1.54) is 12.1 Å². The molecule has 0 radical (unpaired) electrons. The fourth-order valence-corrected chi connectivity index (χ4v) is 2.89. The zero-order chi connectivity index (χ0) is 19.5. The molecule has 0 spiro atoms. The second-order valence-corrected chi connectivity index (χ2v) is 6.92. The number of benzene rings is 2. The molecule has 0 N–H and O–H groups in total. The highest BCUT2D eigenvalue weighted by Gasteiger charge is 2.34. The van der Waals surface area contributed by atoms with Gasteiger partial charge in [0.25, 0.3) is 5.91 Å². The van der Waals surface area contributed by atoms with Gasteiger partial charge in [0.15, 0.2) is 18.2 Å². The molecule has 2 aromatic carbocycles. The Kier molecular flexibility index (Phi) is 5.25.